The second-order valence-corrected chi connectivity index (χ2v) is 7.86. The Bertz CT molecular complexity index is 1060. The minimum Gasteiger partial charge on any atom is -0.497 e. The van der Waals surface area contributed by atoms with Gasteiger partial charge in [0.2, 0.25) is 11.0 Å². The van der Waals surface area contributed by atoms with Crippen molar-refractivity contribution in [3.8, 4) is 11.8 Å². The quantitative estimate of drug-likeness (QED) is 0.733. The summed E-state index contributed by atoms with van der Waals surface area (Å²) in [6.45, 7) is 1.96. The summed E-state index contributed by atoms with van der Waals surface area (Å²) in [7, 11) is 1.62. The summed E-state index contributed by atoms with van der Waals surface area (Å²) in [5.41, 5.74) is 4.54. The summed E-state index contributed by atoms with van der Waals surface area (Å²) in [6.07, 6.45) is 0.579. The Balaban J connectivity index is 1.80. The van der Waals surface area contributed by atoms with Crippen molar-refractivity contribution in [2.24, 2.45) is 5.41 Å². The summed E-state index contributed by atoms with van der Waals surface area (Å²) in [5, 5.41) is 20.5. The van der Waals surface area contributed by atoms with Crippen LogP contribution in [0.1, 0.15) is 35.1 Å². The lowest BCUT2D eigenvalue weighted by Crippen LogP contribution is -2.37. The molecule has 7 heteroatoms. The van der Waals surface area contributed by atoms with E-state index in [1.807, 2.05) is 43.3 Å². The fourth-order valence-corrected chi connectivity index (χ4v) is 4.40. The van der Waals surface area contributed by atoms with Crippen LogP contribution in [0.2, 0.25) is 0 Å². The van der Waals surface area contributed by atoms with Gasteiger partial charge in [-0.05, 0) is 54.3 Å². The van der Waals surface area contributed by atoms with Crippen LogP contribution in [0.4, 0.5) is 5.13 Å². The molecule has 1 heterocycles. The number of carbonyl (C=O) groups is 1. The van der Waals surface area contributed by atoms with Crippen molar-refractivity contribution < 1.29 is 9.53 Å². The molecule has 6 nitrogen and oxygen atoms in total. The largest absolute Gasteiger partial charge is 0.497 e. The van der Waals surface area contributed by atoms with Crippen LogP contribution >= 0.6 is 11.3 Å². The van der Waals surface area contributed by atoms with E-state index in [0.29, 0.717) is 17.1 Å². The average molecular weight is 390 g/mol. The molecule has 2 aromatic carbocycles. The van der Waals surface area contributed by atoms with Gasteiger partial charge < -0.3 is 10.1 Å². The van der Waals surface area contributed by atoms with E-state index in [9.17, 15) is 10.1 Å². The van der Waals surface area contributed by atoms with Crippen molar-refractivity contribution in [1.82, 2.24) is 10.2 Å². The third-order valence-electron chi connectivity index (χ3n) is 5.33. The van der Waals surface area contributed by atoms with Crippen LogP contribution in [0.15, 0.2) is 48.0 Å². The second-order valence-electron chi connectivity index (χ2n) is 7.02. The highest BCUT2D eigenvalue weighted by atomic mass is 32.1. The number of nitrogens with one attached hydrogen (secondary N) is 1. The van der Waals surface area contributed by atoms with Crippen molar-refractivity contribution in [2.45, 2.75) is 19.3 Å². The monoisotopic (exact) mass is 390 g/mol. The molecule has 1 amide bonds. The number of methoxy groups -OCH3 is 1. The number of nitrogens with zero attached hydrogens (tertiary/aromatic N) is 3. The predicted octanol–water partition coefficient (Wildman–Crippen LogP) is 3.75. The van der Waals surface area contributed by atoms with Crippen molar-refractivity contribution in [2.75, 3.05) is 12.4 Å². The smallest absolute Gasteiger partial charge is 0.233 e. The number of benzene rings is 2. The molecule has 0 fully saturated rings. The van der Waals surface area contributed by atoms with Crippen LogP contribution in [0.5, 0.6) is 5.75 Å². The summed E-state index contributed by atoms with van der Waals surface area (Å²) in [6, 6.07) is 15.6. The Morgan fingerprint density at radius 1 is 1.32 bits per heavy atom. The average Bonchev–Trinajstić information content (AvgIpc) is 3.33. The maximum absolute atomic E-state index is 13.3. The molecule has 0 saturated heterocycles. The molecule has 0 aliphatic heterocycles. The first-order valence-corrected chi connectivity index (χ1v) is 9.67. The number of ether oxygens (including phenoxy) is 1. The number of hydrogen-bond acceptors (Lipinski definition) is 6. The Morgan fingerprint density at radius 3 is 2.75 bits per heavy atom. The number of rotatable bonds is 4. The van der Waals surface area contributed by atoms with Crippen molar-refractivity contribution in [3.05, 3.63) is 70.2 Å². The fraction of sp³-hybridized carbons (Fsp3) is 0.238. The van der Waals surface area contributed by atoms with Gasteiger partial charge in [-0.2, -0.15) is 5.26 Å². The Morgan fingerprint density at radius 2 is 2.11 bits per heavy atom. The molecule has 4 rings (SSSR count). The SMILES string of the molecule is COc1ccc(C2c3cc(C#N)ccc3CC2(C)C(=O)Nc2nncs2)cc1. The predicted molar refractivity (Wildman–Crippen MR) is 106 cm³/mol. The lowest BCUT2D eigenvalue weighted by atomic mass is 9.73. The topological polar surface area (TPSA) is 87.9 Å². The third-order valence-corrected chi connectivity index (χ3v) is 5.94. The summed E-state index contributed by atoms with van der Waals surface area (Å²) in [5.74, 6) is 0.460. The van der Waals surface area contributed by atoms with E-state index in [1.54, 1.807) is 18.7 Å². The summed E-state index contributed by atoms with van der Waals surface area (Å²) >= 11 is 1.29. The maximum Gasteiger partial charge on any atom is 0.233 e. The van der Waals surface area contributed by atoms with Crippen molar-refractivity contribution >= 4 is 22.4 Å². The number of nitriles is 1. The molecule has 0 radical (unpaired) electrons. The highest BCUT2D eigenvalue weighted by molar-refractivity contribution is 7.13. The Labute approximate surface area is 166 Å². The van der Waals surface area contributed by atoms with Crippen LogP contribution in [0.3, 0.4) is 0 Å². The molecule has 140 valence electrons. The number of carbonyl (C=O) groups excluding carboxylic acids is 1. The lowest BCUT2D eigenvalue weighted by molar-refractivity contribution is -0.125. The molecule has 0 spiro atoms. The molecule has 0 saturated carbocycles. The second kappa shape index (κ2) is 7.06. The molecule has 2 atom stereocenters. The highest BCUT2D eigenvalue weighted by Crippen LogP contribution is 2.51. The van der Waals surface area contributed by atoms with Gasteiger partial charge in [0.1, 0.15) is 11.3 Å². The van der Waals surface area contributed by atoms with E-state index < -0.39 is 5.41 Å². The Kier molecular flexibility index (Phi) is 4.57. The number of amides is 1. The molecule has 1 aliphatic carbocycles. The first kappa shape index (κ1) is 18.1. The molecule has 1 N–H and O–H groups in total. The first-order chi connectivity index (χ1) is 13.5. The minimum absolute atomic E-state index is 0.111. The zero-order valence-electron chi connectivity index (χ0n) is 15.5. The van der Waals surface area contributed by atoms with E-state index in [2.05, 4.69) is 21.6 Å². The number of hydrogen-bond donors (Lipinski definition) is 1. The van der Waals surface area contributed by atoms with Crippen molar-refractivity contribution in [3.63, 3.8) is 0 Å². The van der Waals surface area contributed by atoms with Gasteiger partial charge in [-0.3, -0.25) is 4.79 Å². The highest BCUT2D eigenvalue weighted by Gasteiger charge is 2.49. The van der Waals surface area contributed by atoms with Gasteiger partial charge in [0, 0.05) is 5.92 Å². The zero-order chi connectivity index (χ0) is 19.7. The Hall–Kier alpha value is -3.24. The molecule has 2 unspecified atom stereocenters. The van der Waals surface area contributed by atoms with Crippen molar-refractivity contribution in [1.29, 1.82) is 5.26 Å². The van der Waals surface area contributed by atoms with Gasteiger partial charge in [-0.15, -0.1) is 10.2 Å². The van der Waals surface area contributed by atoms with Gasteiger partial charge in [0.15, 0.2) is 0 Å². The summed E-state index contributed by atoms with van der Waals surface area (Å²) in [4.78, 5) is 13.3. The van der Waals surface area contributed by atoms with Crippen LogP contribution < -0.4 is 10.1 Å². The van der Waals surface area contributed by atoms with Crippen LogP contribution in [-0.4, -0.2) is 23.2 Å². The van der Waals surface area contributed by atoms with E-state index in [4.69, 9.17) is 4.74 Å². The standard InChI is InChI=1S/C21H18N4O2S/c1-21(19(26)24-20-25-23-12-28-20)10-15-4-3-13(11-22)9-17(15)18(21)14-5-7-16(27-2)8-6-14/h3-9,12,18H,10H2,1-2H3,(H,24,25,26). The number of aromatic nitrogens is 2. The van der Waals surface area contributed by atoms with Crippen LogP contribution in [0.25, 0.3) is 0 Å². The molecule has 1 aromatic heterocycles. The third kappa shape index (κ3) is 3.02. The maximum atomic E-state index is 13.3. The van der Waals surface area contributed by atoms with E-state index >= 15 is 0 Å². The molecule has 0 bridgehead atoms. The van der Waals surface area contributed by atoms with Crippen LogP contribution in [-0.2, 0) is 11.2 Å². The molecule has 1 aliphatic rings. The van der Waals surface area contributed by atoms with Gasteiger partial charge in [-0.1, -0.05) is 29.5 Å². The van der Waals surface area contributed by atoms with Gasteiger partial charge >= 0.3 is 0 Å². The van der Waals surface area contributed by atoms with E-state index in [0.717, 1.165) is 22.4 Å². The van der Waals surface area contributed by atoms with Gasteiger partial charge in [0.05, 0.1) is 24.2 Å². The zero-order valence-corrected chi connectivity index (χ0v) is 16.3. The minimum atomic E-state index is -0.726. The first-order valence-electron chi connectivity index (χ1n) is 8.79. The summed E-state index contributed by atoms with van der Waals surface area (Å²) < 4.78 is 5.27. The number of fused-ring (bicyclic) bond motifs is 1. The lowest BCUT2D eigenvalue weighted by Gasteiger charge is -2.31. The van der Waals surface area contributed by atoms with Gasteiger partial charge in [0.25, 0.3) is 0 Å². The van der Waals surface area contributed by atoms with E-state index in [-0.39, 0.29) is 11.8 Å². The fourth-order valence-electron chi connectivity index (χ4n) is 3.96. The molecule has 28 heavy (non-hydrogen) atoms. The normalized spacial score (nSPS) is 20.2. The molecular weight excluding hydrogens is 372 g/mol. The number of anilines is 1. The van der Waals surface area contributed by atoms with E-state index in [1.165, 1.54) is 11.3 Å². The van der Waals surface area contributed by atoms with Crippen LogP contribution in [0, 0.1) is 16.7 Å². The molecule has 3 aromatic rings. The molecular formula is C21H18N4O2S. The van der Waals surface area contributed by atoms with Gasteiger partial charge in [-0.25, -0.2) is 0 Å².